The maximum atomic E-state index is 10.2. The van der Waals surface area contributed by atoms with E-state index in [9.17, 15) is 5.11 Å². The van der Waals surface area contributed by atoms with Gasteiger partial charge in [0.25, 0.3) is 0 Å². The maximum absolute atomic E-state index is 10.2. The molecule has 0 aliphatic heterocycles. The largest absolute Gasteiger partial charge is 0.393 e. The van der Waals surface area contributed by atoms with E-state index in [1.54, 1.807) is 5.57 Å². The number of hydrogen-bond acceptors (Lipinski definition) is 1. The zero-order valence-electron chi connectivity index (χ0n) is 19.3. The van der Waals surface area contributed by atoms with Crippen molar-refractivity contribution >= 4 is 0 Å². The average molecular weight is 387 g/mol. The van der Waals surface area contributed by atoms with Crippen LogP contribution in [0.15, 0.2) is 11.6 Å². The predicted octanol–water partition coefficient (Wildman–Crippen LogP) is 7.24. The summed E-state index contributed by atoms with van der Waals surface area (Å²) in [5.41, 5.74) is 2.01. The number of fused-ring (bicyclic) bond motifs is 5. The van der Waals surface area contributed by atoms with Crippen LogP contribution in [0.4, 0.5) is 0 Å². The monoisotopic (exact) mass is 386 g/mol. The molecule has 4 rings (SSSR count). The average Bonchev–Trinajstić information content (AvgIpc) is 3.09. The zero-order chi connectivity index (χ0) is 20.1. The van der Waals surface area contributed by atoms with Gasteiger partial charge in [-0.25, -0.2) is 0 Å². The van der Waals surface area contributed by atoms with Gasteiger partial charge in [0.15, 0.2) is 0 Å². The molecule has 0 radical (unpaired) electrons. The summed E-state index contributed by atoms with van der Waals surface area (Å²) in [7, 11) is 0. The molecule has 0 saturated heterocycles. The second-order valence-electron chi connectivity index (χ2n) is 12.0. The molecule has 4 aliphatic rings. The molecule has 1 heteroatoms. The molecule has 0 spiro atoms. The summed E-state index contributed by atoms with van der Waals surface area (Å²) in [5, 5.41) is 10.2. The van der Waals surface area contributed by atoms with E-state index in [2.05, 4.69) is 40.7 Å². The SMILES string of the molecule is CC(C)CCC[C@@H](C)[C@H]1CCC2C3CC=C4C[C@@H](O)CC[C@]4(C)C3CC(C)C21. The number of rotatable bonds is 5. The molecule has 3 saturated carbocycles. The van der Waals surface area contributed by atoms with Crippen molar-refractivity contribution in [2.24, 2.45) is 52.8 Å². The molecule has 0 amide bonds. The third-order valence-electron chi connectivity index (χ3n) is 9.98. The van der Waals surface area contributed by atoms with Gasteiger partial charge in [-0.1, -0.05) is 65.5 Å². The number of aliphatic hydroxyl groups excluding tert-OH is 1. The first-order valence-corrected chi connectivity index (χ1v) is 12.7. The van der Waals surface area contributed by atoms with Crippen molar-refractivity contribution in [2.75, 3.05) is 0 Å². The topological polar surface area (TPSA) is 20.2 Å². The third-order valence-corrected chi connectivity index (χ3v) is 9.98. The van der Waals surface area contributed by atoms with Crippen molar-refractivity contribution < 1.29 is 5.11 Å². The fourth-order valence-corrected chi connectivity index (χ4v) is 8.49. The Morgan fingerprint density at radius 3 is 2.64 bits per heavy atom. The Balaban J connectivity index is 1.48. The van der Waals surface area contributed by atoms with E-state index in [4.69, 9.17) is 0 Å². The first-order chi connectivity index (χ1) is 13.3. The van der Waals surface area contributed by atoms with Gasteiger partial charge in [0.05, 0.1) is 6.10 Å². The standard InChI is InChI=1S/C27H46O/c1-17(2)7-6-8-18(3)22-11-12-24-23-10-9-20-16-21(28)13-14-27(20,5)25(23)15-19(4)26(22)24/h9,17-19,21-26,28H,6-8,10-16H2,1-5H3/t18-,19?,21+,22-,23?,24?,25?,26?,27+/m1/s1. The summed E-state index contributed by atoms with van der Waals surface area (Å²) in [4.78, 5) is 0. The molecular formula is C27H46O. The second-order valence-corrected chi connectivity index (χ2v) is 12.0. The van der Waals surface area contributed by atoms with Crippen molar-refractivity contribution in [2.45, 2.75) is 105 Å². The van der Waals surface area contributed by atoms with Crippen LogP contribution in [-0.2, 0) is 0 Å². The highest BCUT2D eigenvalue weighted by Gasteiger charge is 2.56. The highest BCUT2D eigenvalue weighted by atomic mass is 16.3. The molecule has 1 nitrogen and oxygen atoms in total. The first kappa shape index (κ1) is 21.0. The van der Waals surface area contributed by atoms with E-state index < -0.39 is 0 Å². The minimum Gasteiger partial charge on any atom is -0.393 e. The normalized spacial score (nSPS) is 46.5. The molecule has 3 fully saturated rings. The summed E-state index contributed by atoms with van der Waals surface area (Å²) in [6.07, 6.45) is 15.8. The summed E-state index contributed by atoms with van der Waals surface area (Å²) < 4.78 is 0. The fourth-order valence-electron chi connectivity index (χ4n) is 8.49. The van der Waals surface area contributed by atoms with Crippen LogP contribution in [-0.4, -0.2) is 11.2 Å². The summed E-state index contributed by atoms with van der Waals surface area (Å²) in [6, 6.07) is 0. The van der Waals surface area contributed by atoms with E-state index in [1.165, 1.54) is 51.4 Å². The van der Waals surface area contributed by atoms with Crippen LogP contribution in [0.25, 0.3) is 0 Å². The van der Waals surface area contributed by atoms with E-state index in [1.807, 2.05) is 0 Å². The van der Waals surface area contributed by atoms with Crippen LogP contribution >= 0.6 is 0 Å². The molecule has 0 aromatic carbocycles. The van der Waals surface area contributed by atoms with Crippen molar-refractivity contribution in [1.29, 1.82) is 0 Å². The Morgan fingerprint density at radius 1 is 1.11 bits per heavy atom. The summed E-state index contributed by atoms with van der Waals surface area (Å²) >= 11 is 0. The van der Waals surface area contributed by atoms with E-state index in [0.29, 0.717) is 5.41 Å². The Kier molecular flexibility index (Phi) is 6.05. The van der Waals surface area contributed by atoms with Crippen molar-refractivity contribution in [3.05, 3.63) is 11.6 Å². The molecule has 28 heavy (non-hydrogen) atoms. The molecule has 0 aromatic rings. The van der Waals surface area contributed by atoms with Crippen molar-refractivity contribution in [1.82, 2.24) is 0 Å². The van der Waals surface area contributed by atoms with Crippen molar-refractivity contribution in [3.8, 4) is 0 Å². The van der Waals surface area contributed by atoms with Gasteiger partial charge in [0, 0.05) is 0 Å². The van der Waals surface area contributed by atoms with Crippen LogP contribution in [0.3, 0.4) is 0 Å². The van der Waals surface area contributed by atoms with Gasteiger partial charge in [-0.15, -0.1) is 0 Å². The predicted molar refractivity (Wildman–Crippen MR) is 119 cm³/mol. The quantitative estimate of drug-likeness (QED) is 0.493. The van der Waals surface area contributed by atoms with E-state index >= 15 is 0 Å². The molecule has 9 atom stereocenters. The Morgan fingerprint density at radius 2 is 1.89 bits per heavy atom. The molecule has 0 bridgehead atoms. The minimum atomic E-state index is -0.0767. The maximum Gasteiger partial charge on any atom is 0.0577 e. The first-order valence-electron chi connectivity index (χ1n) is 12.7. The van der Waals surface area contributed by atoms with Crippen LogP contribution < -0.4 is 0 Å². The zero-order valence-corrected chi connectivity index (χ0v) is 19.3. The van der Waals surface area contributed by atoms with Gasteiger partial charge in [0.2, 0.25) is 0 Å². The lowest BCUT2D eigenvalue weighted by atomic mass is 9.48. The smallest absolute Gasteiger partial charge is 0.0577 e. The molecule has 0 heterocycles. The highest BCUT2D eigenvalue weighted by Crippen LogP contribution is 2.64. The number of aliphatic hydroxyl groups is 1. The van der Waals surface area contributed by atoms with Gasteiger partial charge < -0.3 is 5.11 Å². The highest BCUT2D eigenvalue weighted by molar-refractivity contribution is 5.25. The molecule has 5 unspecified atom stereocenters. The van der Waals surface area contributed by atoms with Crippen LogP contribution in [0, 0.1) is 52.8 Å². The van der Waals surface area contributed by atoms with Crippen molar-refractivity contribution in [3.63, 3.8) is 0 Å². The van der Waals surface area contributed by atoms with Gasteiger partial charge in [0.1, 0.15) is 0 Å². The molecule has 160 valence electrons. The van der Waals surface area contributed by atoms with Gasteiger partial charge in [-0.2, -0.15) is 0 Å². The Labute approximate surface area is 174 Å². The van der Waals surface area contributed by atoms with Gasteiger partial charge in [-0.3, -0.25) is 0 Å². The lowest BCUT2D eigenvalue weighted by Crippen LogP contribution is -2.50. The molecule has 0 aromatic heterocycles. The number of hydrogen-bond donors (Lipinski definition) is 1. The van der Waals surface area contributed by atoms with E-state index in [-0.39, 0.29) is 6.10 Å². The van der Waals surface area contributed by atoms with E-state index in [0.717, 1.165) is 60.2 Å². The molecular weight excluding hydrogens is 340 g/mol. The fraction of sp³-hybridized carbons (Fsp3) is 0.926. The minimum absolute atomic E-state index is 0.0767. The molecule has 1 N–H and O–H groups in total. The lowest BCUT2D eigenvalue weighted by molar-refractivity contribution is -0.0408. The second kappa shape index (κ2) is 8.09. The van der Waals surface area contributed by atoms with Crippen LogP contribution in [0.2, 0.25) is 0 Å². The van der Waals surface area contributed by atoms with Gasteiger partial charge in [-0.05, 0) is 97.7 Å². The van der Waals surface area contributed by atoms with Crippen LogP contribution in [0.1, 0.15) is 98.8 Å². The Hall–Kier alpha value is -0.300. The van der Waals surface area contributed by atoms with Gasteiger partial charge >= 0.3 is 0 Å². The Bertz CT molecular complexity index is 577. The third kappa shape index (κ3) is 3.63. The summed E-state index contributed by atoms with van der Waals surface area (Å²) in [6.45, 7) is 12.5. The van der Waals surface area contributed by atoms with Crippen LogP contribution in [0.5, 0.6) is 0 Å². The number of allylic oxidation sites excluding steroid dienone is 1. The summed E-state index contributed by atoms with van der Waals surface area (Å²) in [5.74, 6) is 7.44. The molecule has 4 aliphatic carbocycles. The lowest BCUT2D eigenvalue weighted by Gasteiger charge is -2.57.